The van der Waals surface area contributed by atoms with Crippen LogP contribution in [-0.2, 0) is 0 Å². The van der Waals surface area contributed by atoms with E-state index in [0.717, 1.165) is 16.3 Å². The first-order valence-electron chi connectivity index (χ1n) is 6.88. The molecule has 11 heteroatoms. The van der Waals surface area contributed by atoms with Gasteiger partial charge in [0.2, 0.25) is 11.7 Å². The van der Waals surface area contributed by atoms with Crippen LogP contribution < -0.4 is 0 Å². The summed E-state index contributed by atoms with van der Waals surface area (Å²) in [6.07, 6.45) is -2.78. The molecule has 0 bridgehead atoms. The Morgan fingerprint density at radius 1 is 1.08 bits per heavy atom. The van der Waals surface area contributed by atoms with E-state index in [2.05, 4.69) is 25.5 Å². The second kappa shape index (κ2) is 6.37. The Balaban J connectivity index is 1.62. The first-order valence-corrected chi connectivity index (χ1v) is 8.07. The molecule has 0 fully saturated rings. The highest BCUT2D eigenvalue weighted by atomic mass is 35.5. The molecule has 126 valence electrons. The summed E-state index contributed by atoms with van der Waals surface area (Å²) in [5, 5.41) is 20.1. The van der Waals surface area contributed by atoms with Crippen molar-refractivity contribution in [3.05, 3.63) is 47.2 Å². The smallest absolute Gasteiger partial charge is 0.299 e. The molecule has 0 radical (unpaired) electrons. The zero-order valence-electron chi connectivity index (χ0n) is 12.2. The monoisotopic (exact) mass is 380 g/mol. The van der Waals surface area contributed by atoms with E-state index in [1.807, 2.05) is 0 Å². The molecule has 1 aromatic carbocycles. The molecule has 25 heavy (non-hydrogen) atoms. The van der Waals surface area contributed by atoms with Gasteiger partial charge in [-0.15, -0.1) is 20.4 Å². The third-order valence-corrected chi connectivity index (χ3v) is 4.13. The van der Waals surface area contributed by atoms with E-state index in [4.69, 9.17) is 16.0 Å². The quantitative estimate of drug-likeness (QED) is 0.530. The maximum Gasteiger partial charge on any atom is 0.299 e. The SMILES string of the molecule is FC(F)c1nnc2ccc(Sc3nnc(-c4cccc(Cl)c4)o3)nn12. The van der Waals surface area contributed by atoms with Crippen LogP contribution in [0.1, 0.15) is 12.2 Å². The summed E-state index contributed by atoms with van der Waals surface area (Å²) in [5.41, 5.74) is 0.902. The fourth-order valence-corrected chi connectivity index (χ4v) is 2.89. The van der Waals surface area contributed by atoms with E-state index in [0.29, 0.717) is 21.5 Å². The van der Waals surface area contributed by atoms with Crippen LogP contribution in [0.2, 0.25) is 5.02 Å². The lowest BCUT2D eigenvalue weighted by atomic mass is 10.2. The van der Waals surface area contributed by atoms with Gasteiger partial charge in [0.1, 0.15) is 5.03 Å². The average Bonchev–Trinajstić information content (AvgIpc) is 3.21. The van der Waals surface area contributed by atoms with E-state index in [9.17, 15) is 8.78 Å². The molecule has 0 atom stereocenters. The van der Waals surface area contributed by atoms with Crippen molar-refractivity contribution in [3.8, 4) is 11.5 Å². The van der Waals surface area contributed by atoms with Gasteiger partial charge in [-0.2, -0.15) is 9.61 Å². The summed E-state index contributed by atoms with van der Waals surface area (Å²) in [7, 11) is 0. The molecule has 0 aliphatic carbocycles. The van der Waals surface area contributed by atoms with Crippen molar-refractivity contribution in [2.75, 3.05) is 0 Å². The Morgan fingerprint density at radius 3 is 2.76 bits per heavy atom. The van der Waals surface area contributed by atoms with Gasteiger partial charge in [-0.25, -0.2) is 8.78 Å². The fourth-order valence-electron chi connectivity index (χ4n) is 2.06. The second-order valence-electron chi connectivity index (χ2n) is 4.79. The number of alkyl halides is 2. The van der Waals surface area contributed by atoms with E-state index in [1.54, 1.807) is 30.3 Å². The molecule has 4 rings (SSSR count). The van der Waals surface area contributed by atoms with Gasteiger partial charge < -0.3 is 4.42 Å². The highest BCUT2D eigenvalue weighted by molar-refractivity contribution is 7.99. The predicted molar refractivity (Wildman–Crippen MR) is 84.6 cm³/mol. The zero-order chi connectivity index (χ0) is 17.4. The summed E-state index contributed by atoms with van der Waals surface area (Å²) in [6, 6.07) is 10.1. The molecular formula is C14H7ClF2N6OS. The van der Waals surface area contributed by atoms with Gasteiger partial charge in [-0.3, -0.25) is 0 Å². The molecule has 0 N–H and O–H groups in total. The molecule has 4 aromatic rings. The lowest BCUT2D eigenvalue weighted by molar-refractivity contribution is 0.137. The molecule has 3 heterocycles. The maximum absolute atomic E-state index is 12.9. The summed E-state index contributed by atoms with van der Waals surface area (Å²) in [5.74, 6) is -0.230. The highest BCUT2D eigenvalue weighted by Gasteiger charge is 2.18. The number of fused-ring (bicyclic) bond motifs is 1. The predicted octanol–water partition coefficient (Wildman–Crippen LogP) is 3.92. The van der Waals surface area contributed by atoms with Crippen LogP contribution in [0, 0.1) is 0 Å². The van der Waals surface area contributed by atoms with Crippen molar-refractivity contribution in [2.45, 2.75) is 16.7 Å². The van der Waals surface area contributed by atoms with Crippen molar-refractivity contribution in [3.63, 3.8) is 0 Å². The number of hydrogen-bond acceptors (Lipinski definition) is 7. The largest absolute Gasteiger partial charge is 0.411 e. The Morgan fingerprint density at radius 2 is 1.96 bits per heavy atom. The van der Waals surface area contributed by atoms with Crippen LogP contribution >= 0.6 is 23.4 Å². The van der Waals surface area contributed by atoms with Gasteiger partial charge in [0.25, 0.3) is 11.6 Å². The fraction of sp³-hybridized carbons (Fsp3) is 0.0714. The Bertz CT molecular complexity index is 1050. The molecule has 0 saturated carbocycles. The summed E-state index contributed by atoms with van der Waals surface area (Å²) >= 11 is 6.98. The number of aromatic nitrogens is 6. The topological polar surface area (TPSA) is 82.0 Å². The standard InChI is InChI=1S/C14H7ClF2N6OS/c15-8-3-1-2-7(6-8)13-20-21-14(24-13)25-10-5-4-9-18-19-12(11(16)17)23(9)22-10/h1-6,11H. The van der Waals surface area contributed by atoms with Gasteiger partial charge in [0.05, 0.1) is 0 Å². The molecule has 0 aliphatic heterocycles. The van der Waals surface area contributed by atoms with Crippen LogP contribution in [0.4, 0.5) is 8.78 Å². The minimum absolute atomic E-state index is 0.216. The van der Waals surface area contributed by atoms with Crippen molar-refractivity contribution in [1.82, 2.24) is 30.0 Å². The van der Waals surface area contributed by atoms with Crippen LogP contribution in [0.25, 0.3) is 17.1 Å². The van der Waals surface area contributed by atoms with Crippen LogP contribution in [0.5, 0.6) is 0 Å². The molecule has 0 saturated heterocycles. The number of rotatable bonds is 4. The van der Waals surface area contributed by atoms with Gasteiger partial charge in [-0.05, 0) is 42.1 Å². The third kappa shape index (κ3) is 3.17. The average molecular weight is 381 g/mol. The Kier molecular flexibility index (Phi) is 4.06. The van der Waals surface area contributed by atoms with Crippen molar-refractivity contribution in [1.29, 1.82) is 0 Å². The Hall–Kier alpha value is -2.59. The minimum Gasteiger partial charge on any atom is -0.411 e. The molecule has 7 nitrogen and oxygen atoms in total. The minimum atomic E-state index is -2.78. The number of nitrogens with zero attached hydrogens (tertiary/aromatic N) is 6. The maximum atomic E-state index is 12.9. The van der Waals surface area contributed by atoms with Crippen LogP contribution in [0.3, 0.4) is 0 Å². The third-order valence-electron chi connectivity index (χ3n) is 3.13. The molecular weight excluding hydrogens is 374 g/mol. The first-order chi connectivity index (χ1) is 12.1. The summed E-state index contributed by atoms with van der Waals surface area (Å²) in [6.45, 7) is 0. The number of hydrogen-bond donors (Lipinski definition) is 0. The van der Waals surface area contributed by atoms with E-state index in [-0.39, 0.29) is 10.9 Å². The van der Waals surface area contributed by atoms with E-state index < -0.39 is 12.2 Å². The van der Waals surface area contributed by atoms with Crippen molar-refractivity contribution in [2.24, 2.45) is 0 Å². The van der Waals surface area contributed by atoms with Crippen LogP contribution in [-0.4, -0.2) is 30.0 Å². The summed E-state index contributed by atoms with van der Waals surface area (Å²) in [4.78, 5) is 0. The first kappa shape index (κ1) is 15.9. The molecule has 0 unspecified atom stereocenters. The lowest BCUT2D eigenvalue weighted by Crippen LogP contribution is -2.00. The van der Waals surface area contributed by atoms with Gasteiger partial charge >= 0.3 is 0 Å². The van der Waals surface area contributed by atoms with Crippen molar-refractivity contribution < 1.29 is 13.2 Å². The van der Waals surface area contributed by atoms with Crippen LogP contribution in [0.15, 0.2) is 51.1 Å². The molecule has 0 spiro atoms. The highest BCUT2D eigenvalue weighted by Crippen LogP contribution is 2.29. The van der Waals surface area contributed by atoms with Gasteiger partial charge in [0.15, 0.2) is 5.65 Å². The van der Waals surface area contributed by atoms with E-state index in [1.165, 1.54) is 6.07 Å². The normalized spacial score (nSPS) is 11.5. The molecule has 0 aliphatic rings. The van der Waals surface area contributed by atoms with Gasteiger partial charge in [-0.1, -0.05) is 17.7 Å². The second-order valence-corrected chi connectivity index (χ2v) is 6.19. The molecule has 0 amide bonds. The number of benzene rings is 1. The summed E-state index contributed by atoms with van der Waals surface area (Å²) < 4.78 is 32.3. The Labute approximate surface area is 148 Å². The zero-order valence-corrected chi connectivity index (χ0v) is 13.7. The van der Waals surface area contributed by atoms with Crippen molar-refractivity contribution >= 4 is 29.0 Å². The van der Waals surface area contributed by atoms with Gasteiger partial charge in [0, 0.05) is 10.6 Å². The molecule has 3 aromatic heterocycles. The lowest BCUT2D eigenvalue weighted by Gasteiger charge is -1.99. The number of halogens is 3. The van der Waals surface area contributed by atoms with E-state index >= 15 is 0 Å².